The quantitative estimate of drug-likeness (QED) is 0.870. The minimum atomic E-state index is -4.35. The fourth-order valence-electron chi connectivity index (χ4n) is 1.36. The van der Waals surface area contributed by atoms with Gasteiger partial charge in [0.05, 0.1) is 5.56 Å². The number of hydrogen-bond acceptors (Lipinski definition) is 2. The number of phenolic OH excluding ortho intramolecular Hbond substituents is 1. The second kappa shape index (κ2) is 4.60. The summed E-state index contributed by atoms with van der Waals surface area (Å²) >= 11 is 0. The molecule has 0 aromatic heterocycles. The number of benzene rings is 2. The largest absolute Gasteiger partial charge is 0.508 e. The minimum absolute atomic E-state index is 0.0924. The third-order valence-corrected chi connectivity index (χ3v) is 2.25. The van der Waals surface area contributed by atoms with Crippen molar-refractivity contribution in [3.63, 3.8) is 0 Å². The van der Waals surface area contributed by atoms with Crippen molar-refractivity contribution in [2.24, 2.45) is 0 Å². The first-order valence-corrected chi connectivity index (χ1v) is 5.09. The molecule has 0 aliphatic rings. The first-order valence-electron chi connectivity index (χ1n) is 5.09. The van der Waals surface area contributed by atoms with Crippen molar-refractivity contribution in [2.75, 3.05) is 0 Å². The van der Waals surface area contributed by atoms with E-state index < -0.39 is 11.7 Å². The molecule has 2 aromatic rings. The Bertz CT molecular complexity index is 515. The van der Waals surface area contributed by atoms with Gasteiger partial charge in [-0.15, -0.1) is 0 Å². The number of aromatic hydroxyl groups is 1. The first kappa shape index (κ1) is 12.3. The zero-order chi connectivity index (χ0) is 13.2. The molecular weight excluding hydrogens is 245 g/mol. The summed E-state index contributed by atoms with van der Waals surface area (Å²) in [6, 6.07) is 10.3. The van der Waals surface area contributed by atoms with Crippen LogP contribution in [0.4, 0.5) is 13.2 Å². The standard InChI is InChI=1S/C13H9F3O2/c14-13(15,16)9-1-5-11(6-2-9)18-12-7-3-10(17)4-8-12/h1-8,17H. The van der Waals surface area contributed by atoms with Crippen molar-refractivity contribution in [3.05, 3.63) is 54.1 Å². The van der Waals surface area contributed by atoms with Gasteiger partial charge in [-0.25, -0.2) is 0 Å². The van der Waals surface area contributed by atoms with Crippen LogP contribution < -0.4 is 4.74 Å². The van der Waals surface area contributed by atoms with Crippen molar-refractivity contribution in [2.45, 2.75) is 6.18 Å². The molecular formula is C13H9F3O2. The Hall–Kier alpha value is -2.17. The third kappa shape index (κ3) is 2.94. The van der Waals surface area contributed by atoms with Crippen LogP contribution >= 0.6 is 0 Å². The van der Waals surface area contributed by atoms with E-state index in [4.69, 9.17) is 9.84 Å². The monoisotopic (exact) mass is 254 g/mol. The molecule has 0 spiro atoms. The van der Waals surface area contributed by atoms with Crippen molar-refractivity contribution < 1.29 is 23.0 Å². The second-order valence-corrected chi connectivity index (χ2v) is 3.62. The summed E-state index contributed by atoms with van der Waals surface area (Å²) in [6.07, 6.45) is -4.35. The molecule has 0 atom stereocenters. The second-order valence-electron chi connectivity index (χ2n) is 3.62. The normalized spacial score (nSPS) is 11.3. The topological polar surface area (TPSA) is 29.5 Å². The van der Waals surface area contributed by atoms with Gasteiger partial charge in [0.15, 0.2) is 0 Å². The Labute approximate surface area is 101 Å². The van der Waals surface area contributed by atoms with Gasteiger partial charge in [-0.1, -0.05) is 0 Å². The molecule has 0 unspecified atom stereocenters. The van der Waals surface area contributed by atoms with Gasteiger partial charge in [-0.2, -0.15) is 13.2 Å². The Balaban J connectivity index is 2.13. The van der Waals surface area contributed by atoms with E-state index in [1.807, 2.05) is 0 Å². The summed E-state index contributed by atoms with van der Waals surface area (Å²) in [5.74, 6) is 0.830. The number of hydrogen-bond donors (Lipinski definition) is 1. The van der Waals surface area contributed by atoms with Crippen LogP contribution in [0.5, 0.6) is 17.2 Å². The molecule has 0 saturated heterocycles. The van der Waals surface area contributed by atoms with Crippen LogP contribution in [0.25, 0.3) is 0 Å². The average Bonchev–Trinajstić information content (AvgIpc) is 2.32. The van der Waals surface area contributed by atoms with Crippen LogP contribution in [0.3, 0.4) is 0 Å². The molecule has 18 heavy (non-hydrogen) atoms. The van der Waals surface area contributed by atoms with Gasteiger partial charge in [0.25, 0.3) is 0 Å². The number of alkyl halides is 3. The van der Waals surface area contributed by atoms with Gasteiger partial charge in [-0.05, 0) is 48.5 Å². The Morgan fingerprint density at radius 2 is 1.22 bits per heavy atom. The number of phenols is 1. The molecule has 2 nitrogen and oxygen atoms in total. The zero-order valence-corrected chi connectivity index (χ0v) is 9.11. The smallest absolute Gasteiger partial charge is 0.416 e. The van der Waals surface area contributed by atoms with Crippen molar-refractivity contribution in [3.8, 4) is 17.2 Å². The van der Waals surface area contributed by atoms with E-state index in [2.05, 4.69) is 0 Å². The molecule has 0 aliphatic heterocycles. The summed E-state index contributed by atoms with van der Waals surface area (Å²) in [5.41, 5.74) is -0.722. The van der Waals surface area contributed by atoms with Crippen LogP contribution in [0.2, 0.25) is 0 Å². The highest BCUT2D eigenvalue weighted by molar-refractivity contribution is 5.36. The van der Waals surface area contributed by atoms with Crippen molar-refractivity contribution >= 4 is 0 Å². The molecule has 1 N–H and O–H groups in total. The van der Waals surface area contributed by atoms with Gasteiger partial charge in [0.2, 0.25) is 0 Å². The summed E-state index contributed by atoms with van der Waals surface area (Å²) in [6.45, 7) is 0. The average molecular weight is 254 g/mol. The van der Waals surface area contributed by atoms with Crippen LogP contribution in [0.1, 0.15) is 5.56 Å². The van der Waals surface area contributed by atoms with Gasteiger partial charge >= 0.3 is 6.18 Å². The zero-order valence-electron chi connectivity index (χ0n) is 9.11. The summed E-state index contributed by atoms with van der Waals surface area (Å²) < 4.78 is 42.3. The van der Waals surface area contributed by atoms with E-state index in [1.165, 1.54) is 36.4 Å². The van der Waals surface area contributed by atoms with Gasteiger partial charge in [0, 0.05) is 0 Å². The lowest BCUT2D eigenvalue weighted by Gasteiger charge is -2.08. The Morgan fingerprint density at radius 1 is 0.778 bits per heavy atom. The number of halogens is 3. The molecule has 5 heteroatoms. The maximum atomic E-state index is 12.3. The van der Waals surface area contributed by atoms with Crippen LogP contribution in [0.15, 0.2) is 48.5 Å². The molecule has 0 fully saturated rings. The number of rotatable bonds is 2. The van der Waals surface area contributed by atoms with Crippen LogP contribution in [0, 0.1) is 0 Å². The van der Waals surface area contributed by atoms with E-state index in [9.17, 15) is 13.2 Å². The third-order valence-electron chi connectivity index (χ3n) is 2.25. The predicted octanol–water partition coefficient (Wildman–Crippen LogP) is 4.20. The van der Waals surface area contributed by atoms with Crippen molar-refractivity contribution in [1.29, 1.82) is 0 Å². The maximum Gasteiger partial charge on any atom is 0.416 e. The van der Waals surface area contributed by atoms with Gasteiger partial charge < -0.3 is 9.84 Å². The highest BCUT2D eigenvalue weighted by atomic mass is 19.4. The molecule has 94 valence electrons. The molecule has 0 saturated carbocycles. The van der Waals surface area contributed by atoms with E-state index in [-0.39, 0.29) is 5.75 Å². The fraction of sp³-hybridized carbons (Fsp3) is 0.0769. The van der Waals surface area contributed by atoms with Crippen molar-refractivity contribution in [1.82, 2.24) is 0 Å². The van der Waals surface area contributed by atoms with E-state index in [0.29, 0.717) is 11.5 Å². The Morgan fingerprint density at radius 3 is 1.67 bits per heavy atom. The minimum Gasteiger partial charge on any atom is -0.508 e. The van der Waals surface area contributed by atoms with E-state index in [0.717, 1.165) is 12.1 Å². The maximum absolute atomic E-state index is 12.3. The summed E-state index contributed by atoms with van der Waals surface area (Å²) in [4.78, 5) is 0. The number of ether oxygens (including phenoxy) is 1. The molecule has 2 aromatic carbocycles. The van der Waals surface area contributed by atoms with Crippen LogP contribution in [-0.4, -0.2) is 5.11 Å². The molecule has 0 amide bonds. The highest BCUT2D eigenvalue weighted by Crippen LogP contribution is 2.31. The SMILES string of the molecule is Oc1ccc(Oc2ccc(C(F)(F)F)cc2)cc1. The predicted molar refractivity (Wildman–Crippen MR) is 59.6 cm³/mol. The Kier molecular flexibility index (Phi) is 3.14. The van der Waals surface area contributed by atoms with E-state index in [1.54, 1.807) is 0 Å². The summed E-state index contributed by atoms with van der Waals surface area (Å²) in [7, 11) is 0. The van der Waals surface area contributed by atoms with Gasteiger partial charge in [-0.3, -0.25) is 0 Å². The lowest BCUT2D eigenvalue weighted by atomic mass is 10.2. The first-order chi connectivity index (χ1) is 8.45. The van der Waals surface area contributed by atoms with E-state index >= 15 is 0 Å². The molecule has 0 radical (unpaired) electrons. The molecule has 0 aliphatic carbocycles. The lowest BCUT2D eigenvalue weighted by molar-refractivity contribution is -0.137. The molecule has 0 bridgehead atoms. The summed E-state index contributed by atoms with van der Waals surface area (Å²) in [5, 5.41) is 9.07. The highest BCUT2D eigenvalue weighted by Gasteiger charge is 2.29. The molecule has 0 heterocycles. The van der Waals surface area contributed by atoms with Gasteiger partial charge in [0.1, 0.15) is 17.2 Å². The molecule has 2 rings (SSSR count). The lowest BCUT2D eigenvalue weighted by Crippen LogP contribution is -2.03. The van der Waals surface area contributed by atoms with Crippen LogP contribution in [-0.2, 0) is 6.18 Å². The fourth-order valence-corrected chi connectivity index (χ4v) is 1.36.